The number of hydrogen-bond donors (Lipinski definition) is 2. The number of hydrogen-bond acceptors (Lipinski definition) is 5. The van der Waals surface area contributed by atoms with Gasteiger partial charge in [0, 0.05) is 24.1 Å². The summed E-state index contributed by atoms with van der Waals surface area (Å²) in [4.78, 5) is 0.999. The molecule has 1 aromatic carbocycles. The van der Waals surface area contributed by atoms with Crippen molar-refractivity contribution in [3.8, 4) is 6.07 Å². The van der Waals surface area contributed by atoms with Gasteiger partial charge in [-0.2, -0.15) is 10.4 Å². The Morgan fingerprint density at radius 1 is 1.50 bits per heavy atom. The number of benzene rings is 1. The fourth-order valence-corrected chi connectivity index (χ4v) is 2.67. The van der Waals surface area contributed by atoms with Crippen LogP contribution in [-0.2, 0) is 13.6 Å². The number of nitrogens with zero attached hydrogens (tertiary/aromatic N) is 3. The highest BCUT2D eigenvalue weighted by Gasteiger charge is 2.09. The van der Waals surface area contributed by atoms with Crippen LogP contribution < -0.4 is 11.1 Å². The van der Waals surface area contributed by atoms with E-state index in [4.69, 9.17) is 5.73 Å². The summed E-state index contributed by atoms with van der Waals surface area (Å²) in [7, 11) is 1.80. The molecular weight excluding hydrogens is 270 g/mol. The molecule has 0 aliphatic carbocycles. The summed E-state index contributed by atoms with van der Waals surface area (Å²) in [5, 5.41) is 16.7. The molecule has 6 heteroatoms. The fraction of sp³-hybridized carbons (Fsp3) is 0.286. The maximum absolute atomic E-state index is 9.34. The lowest BCUT2D eigenvalue weighted by molar-refractivity contribution is 0.778. The summed E-state index contributed by atoms with van der Waals surface area (Å²) >= 11 is 1.67. The molecule has 0 unspecified atom stereocenters. The quantitative estimate of drug-likeness (QED) is 0.826. The van der Waals surface area contributed by atoms with E-state index >= 15 is 0 Å². The molecule has 0 aliphatic rings. The van der Waals surface area contributed by atoms with E-state index < -0.39 is 0 Å². The highest BCUT2D eigenvalue weighted by molar-refractivity contribution is 7.99. The zero-order chi connectivity index (χ0) is 14.5. The number of nitrogens with two attached hydrogens (primary N) is 1. The van der Waals surface area contributed by atoms with Crippen LogP contribution in [0.2, 0.25) is 0 Å². The topological polar surface area (TPSA) is 79.7 Å². The second-order valence-corrected chi connectivity index (χ2v) is 5.56. The minimum absolute atomic E-state index is 0.550. The van der Waals surface area contributed by atoms with Crippen LogP contribution in [0.3, 0.4) is 0 Å². The smallest absolute Gasteiger partial charge is 0.126 e. The van der Waals surface area contributed by atoms with Crippen molar-refractivity contribution in [2.75, 3.05) is 16.8 Å². The number of aromatic nitrogens is 2. The number of nitriles is 1. The first kappa shape index (κ1) is 14.3. The third-order valence-electron chi connectivity index (χ3n) is 2.97. The van der Waals surface area contributed by atoms with E-state index in [0.29, 0.717) is 17.9 Å². The Kier molecular flexibility index (Phi) is 4.53. The number of nitrogens with one attached hydrogen (secondary N) is 1. The normalized spacial score (nSPS) is 10.2. The number of rotatable bonds is 5. The Bertz CT molecular complexity index is 641. The zero-order valence-corrected chi connectivity index (χ0v) is 12.4. The van der Waals surface area contributed by atoms with Crippen molar-refractivity contribution in [3.63, 3.8) is 0 Å². The molecule has 0 bridgehead atoms. The summed E-state index contributed by atoms with van der Waals surface area (Å²) in [5.41, 5.74) is 8.34. The van der Waals surface area contributed by atoms with Gasteiger partial charge in [0.15, 0.2) is 0 Å². The first-order chi connectivity index (χ1) is 9.67. The first-order valence-electron chi connectivity index (χ1n) is 6.33. The van der Waals surface area contributed by atoms with E-state index in [1.165, 1.54) is 0 Å². The molecule has 0 radical (unpaired) electrons. The van der Waals surface area contributed by atoms with E-state index in [2.05, 4.69) is 23.4 Å². The second-order valence-electron chi connectivity index (χ2n) is 4.26. The van der Waals surface area contributed by atoms with Crippen LogP contribution in [0.15, 0.2) is 29.3 Å². The lowest BCUT2D eigenvalue weighted by Crippen LogP contribution is -2.05. The van der Waals surface area contributed by atoms with Crippen molar-refractivity contribution in [2.24, 2.45) is 7.05 Å². The molecule has 20 heavy (non-hydrogen) atoms. The van der Waals surface area contributed by atoms with Gasteiger partial charge in [0.25, 0.3) is 0 Å². The van der Waals surface area contributed by atoms with Crippen LogP contribution in [0.5, 0.6) is 0 Å². The zero-order valence-electron chi connectivity index (χ0n) is 11.6. The van der Waals surface area contributed by atoms with Crippen LogP contribution in [0.25, 0.3) is 0 Å². The molecule has 0 fully saturated rings. The van der Waals surface area contributed by atoms with Gasteiger partial charge in [-0.25, -0.2) is 0 Å². The van der Waals surface area contributed by atoms with Gasteiger partial charge in [-0.15, -0.1) is 11.8 Å². The lowest BCUT2D eigenvalue weighted by atomic mass is 10.2. The predicted octanol–water partition coefficient (Wildman–Crippen LogP) is 2.60. The Morgan fingerprint density at radius 2 is 2.30 bits per heavy atom. The second kappa shape index (κ2) is 6.35. The van der Waals surface area contributed by atoms with Gasteiger partial charge >= 0.3 is 0 Å². The van der Waals surface area contributed by atoms with Gasteiger partial charge in [-0.05, 0) is 17.9 Å². The number of thioether (sulfide) groups is 1. The summed E-state index contributed by atoms with van der Waals surface area (Å²) in [6.07, 6.45) is 1.74. The Balaban J connectivity index is 2.19. The highest BCUT2D eigenvalue weighted by atomic mass is 32.2. The van der Waals surface area contributed by atoms with Gasteiger partial charge in [-0.3, -0.25) is 4.68 Å². The number of nitrogen functional groups attached to an aromatic ring is 1. The molecular formula is C14H17N5S. The van der Waals surface area contributed by atoms with Crippen molar-refractivity contribution in [3.05, 3.63) is 35.5 Å². The molecule has 3 N–H and O–H groups in total. The minimum atomic E-state index is 0.550. The maximum atomic E-state index is 9.34. The average molecular weight is 287 g/mol. The van der Waals surface area contributed by atoms with E-state index in [-0.39, 0.29) is 0 Å². The summed E-state index contributed by atoms with van der Waals surface area (Å²) < 4.78 is 1.63. The molecule has 0 atom stereocenters. The lowest BCUT2D eigenvalue weighted by Gasteiger charge is -2.10. The Hall–Kier alpha value is -2.13. The highest BCUT2D eigenvalue weighted by Crippen LogP contribution is 2.28. The number of aryl methyl sites for hydroxylation is 1. The molecule has 104 valence electrons. The van der Waals surface area contributed by atoms with Crippen LogP contribution in [0.1, 0.15) is 18.1 Å². The van der Waals surface area contributed by atoms with E-state index in [9.17, 15) is 5.26 Å². The third kappa shape index (κ3) is 2.89. The van der Waals surface area contributed by atoms with Crippen molar-refractivity contribution < 1.29 is 0 Å². The van der Waals surface area contributed by atoms with Gasteiger partial charge < -0.3 is 11.1 Å². The molecule has 2 aromatic rings. The van der Waals surface area contributed by atoms with E-state index in [1.807, 2.05) is 18.2 Å². The molecule has 5 nitrogen and oxygen atoms in total. The van der Waals surface area contributed by atoms with E-state index in [1.54, 1.807) is 29.7 Å². The Morgan fingerprint density at radius 3 is 2.90 bits per heavy atom. The van der Waals surface area contributed by atoms with Crippen LogP contribution in [-0.4, -0.2) is 15.5 Å². The van der Waals surface area contributed by atoms with Crippen molar-refractivity contribution in [1.82, 2.24) is 9.78 Å². The summed E-state index contributed by atoms with van der Waals surface area (Å²) in [6.45, 7) is 2.62. The molecule has 0 saturated heterocycles. The fourth-order valence-electron chi connectivity index (χ4n) is 1.89. The molecule has 0 aliphatic heterocycles. The Labute approximate surface area is 122 Å². The van der Waals surface area contributed by atoms with Gasteiger partial charge in [-0.1, -0.05) is 13.0 Å². The van der Waals surface area contributed by atoms with Crippen molar-refractivity contribution in [1.29, 1.82) is 5.26 Å². The third-order valence-corrected chi connectivity index (χ3v) is 3.91. The molecule has 1 heterocycles. The average Bonchev–Trinajstić information content (AvgIpc) is 2.77. The molecule has 0 spiro atoms. The van der Waals surface area contributed by atoms with Crippen molar-refractivity contribution in [2.45, 2.75) is 18.4 Å². The van der Waals surface area contributed by atoms with Crippen LogP contribution in [0, 0.1) is 11.3 Å². The standard InChI is InChI=1S/C14H17N5S/c1-3-20-13-6-4-5-12(11(13)7-15)17-8-10-9-18-19(2)14(10)16/h4-6,9,17H,3,8,16H2,1-2H3. The largest absolute Gasteiger partial charge is 0.384 e. The molecule has 1 aromatic heterocycles. The summed E-state index contributed by atoms with van der Waals surface area (Å²) in [5.74, 6) is 1.57. The SMILES string of the molecule is CCSc1cccc(NCc2cnn(C)c2N)c1C#N. The first-order valence-corrected chi connectivity index (χ1v) is 7.32. The molecule has 0 amide bonds. The van der Waals surface area contributed by atoms with Gasteiger partial charge in [0.1, 0.15) is 11.9 Å². The monoisotopic (exact) mass is 287 g/mol. The van der Waals surface area contributed by atoms with Gasteiger partial charge in [0.2, 0.25) is 0 Å². The van der Waals surface area contributed by atoms with Crippen molar-refractivity contribution >= 4 is 23.3 Å². The van der Waals surface area contributed by atoms with Crippen LogP contribution >= 0.6 is 11.8 Å². The minimum Gasteiger partial charge on any atom is -0.384 e. The molecule has 0 saturated carbocycles. The summed E-state index contributed by atoms with van der Waals surface area (Å²) in [6, 6.07) is 8.10. The van der Waals surface area contributed by atoms with Crippen LogP contribution in [0.4, 0.5) is 11.5 Å². The number of anilines is 2. The molecule has 2 rings (SSSR count). The maximum Gasteiger partial charge on any atom is 0.126 e. The van der Waals surface area contributed by atoms with E-state index in [0.717, 1.165) is 21.9 Å². The van der Waals surface area contributed by atoms with Gasteiger partial charge in [0.05, 0.1) is 17.4 Å². The predicted molar refractivity (Wildman–Crippen MR) is 82.5 cm³/mol.